The van der Waals surface area contributed by atoms with Crippen molar-refractivity contribution in [2.24, 2.45) is 0 Å². The number of hydrogen-bond acceptors (Lipinski definition) is 13. The molecule has 0 bridgehead atoms. The highest BCUT2D eigenvalue weighted by molar-refractivity contribution is 7.47. The molecule has 8 atom stereocenters. The van der Waals surface area contributed by atoms with Crippen LogP contribution >= 0.6 is 15.6 Å². The minimum atomic E-state index is -5.39. The van der Waals surface area contributed by atoms with Gasteiger partial charge < -0.3 is 44.6 Å². The smallest absolute Gasteiger partial charge is 0.456 e. The number of phosphoric ester groups is 2. The minimum Gasteiger partial charge on any atom is -0.456 e. The van der Waals surface area contributed by atoms with Gasteiger partial charge in [0.05, 0.1) is 6.61 Å². The number of hydrogen-bond donors (Lipinski definition) is 7. The molecule has 58 heavy (non-hydrogen) atoms. The van der Waals surface area contributed by atoms with Gasteiger partial charge >= 0.3 is 27.6 Å². The fourth-order valence-corrected chi connectivity index (χ4v) is 6.74. The molecule has 0 spiro atoms. The first-order valence-corrected chi connectivity index (χ1v) is 21.6. The van der Waals surface area contributed by atoms with Crippen LogP contribution < -0.4 is 0 Å². The Labute approximate surface area is 340 Å². The monoisotopic (exact) mass is 848 g/mol. The lowest BCUT2D eigenvalue weighted by Crippen LogP contribution is -2.64. The van der Waals surface area contributed by atoms with Crippen molar-refractivity contribution in [1.29, 1.82) is 0 Å². The van der Waals surface area contributed by atoms with E-state index in [0.717, 1.165) is 32.1 Å². The summed E-state index contributed by atoms with van der Waals surface area (Å²) in [5.41, 5.74) is 0. The lowest BCUT2D eigenvalue weighted by Gasteiger charge is -2.43. The Hall–Kier alpha value is -4.08. The Kier molecular flexibility index (Phi) is 26.9. The standard InChI is InChI=1S/C40H50O16P2/c1-3-5-7-9-11-13-15-17-19-21-23-25-27-29-34(42)54-32(30-52-33(41)28-26-24-22-20-18-16-14-12-10-8-6-4-2)31-53-58(50,51)56-40-37(45)35(43)36(44)39(38(40)46)55-57(47,48)49/h2,32,35-40,43-46H,3,5,7,9,11,13,15,17,19,21,23,25,27,29-31H2,1H3,(H,50,51)(H2,47,48,49)/t32-,35?,36-,37-,38?,39+,40?/m0/s1. The molecule has 1 saturated carbocycles. The summed E-state index contributed by atoms with van der Waals surface area (Å²) in [7, 11) is -10.8. The van der Waals surface area contributed by atoms with Crippen LogP contribution in [0.5, 0.6) is 0 Å². The van der Waals surface area contributed by atoms with Crippen molar-refractivity contribution in [3.63, 3.8) is 0 Å². The average Bonchev–Trinajstić information content (AvgIpc) is 3.17. The third-order valence-corrected chi connectivity index (χ3v) is 9.53. The van der Waals surface area contributed by atoms with Crippen LogP contribution in [0.15, 0.2) is 0 Å². The topological polar surface area (TPSA) is 256 Å². The summed E-state index contributed by atoms with van der Waals surface area (Å²) in [6.45, 7) is 0.506. The molecule has 16 nitrogen and oxygen atoms in total. The van der Waals surface area contributed by atoms with E-state index in [1.165, 1.54) is 44.9 Å². The van der Waals surface area contributed by atoms with E-state index in [4.69, 9.17) is 34.7 Å². The molecular weight excluding hydrogens is 798 g/mol. The van der Waals surface area contributed by atoms with E-state index in [2.05, 4.69) is 82.5 Å². The highest BCUT2D eigenvalue weighted by atomic mass is 31.2. The van der Waals surface area contributed by atoms with Crippen LogP contribution in [0.1, 0.15) is 96.8 Å². The van der Waals surface area contributed by atoms with Gasteiger partial charge in [0.15, 0.2) is 6.10 Å². The molecule has 18 heteroatoms. The maximum Gasteiger partial charge on any atom is 0.472 e. The number of terminal acetylenes is 1. The van der Waals surface area contributed by atoms with Crippen molar-refractivity contribution < 1.29 is 76.9 Å². The number of ether oxygens (including phenoxy) is 2. The Morgan fingerprint density at radius 1 is 0.603 bits per heavy atom. The van der Waals surface area contributed by atoms with Crippen molar-refractivity contribution in [2.75, 3.05) is 13.2 Å². The number of carbonyl (C=O) groups is 2. The van der Waals surface area contributed by atoms with Crippen molar-refractivity contribution in [1.82, 2.24) is 0 Å². The molecule has 7 N–H and O–H groups in total. The summed E-state index contributed by atoms with van der Waals surface area (Å²) < 4.78 is 48.4. The predicted molar refractivity (Wildman–Crippen MR) is 208 cm³/mol. The lowest BCUT2D eigenvalue weighted by atomic mass is 9.85. The lowest BCUT2D eigenvalue weighted by molar-refractivity contribution is -0.216. The third kappa shape index (κ3) is 24.6. The summed E-state index contributed by atoms with van der Waals surface area (Å²) in [4.78, 5) is 53.5. The largest absolute Gasteiger partial charge is 0.472 e. The van der Waals surface area contributed by atoms with Gasteiger partial charge in [-0.2, -0.15) is 0 Å². The number of esters is 2. The maximum absolute atomic E-state index is 12.9. The molecule has 0 heterocycles. The van der Waals surface area contributed by atoms with E-state index in [0.29, 0.717) is 6.42 Å². The van der Waals surface area contributed by atoms with Gasteiger partial charge in [-0.15, -0.1) is 6.42 Å². The molecule has 1 aliphatic carbocycles. The first-order valence-electron chi connectivity index (χ1n) is 18.6. The number of phosphoric acid groups is 2. The zero-order valence-electron chi connectivity index (χ0n) is 32.1. The van der Waals surface area contributed by atoms with E-state index in [-0.39, 0.29) is 6.42 Å². The van der Waals surface area contributed by atoms with Crippen molar-refractivity contribution in [3.05, 3.63) is 0 Å². The van der Waals surface area contributed by atoms with Crippen LogP contribution in [0.4, 0.5) is 0 Å². The molecule has 1 fully saturated rings. The third-order valence-electron chi connectivity index (χ3n) is 8.03. The second-order valence-corrected chi connectivity index (χ2v) is 15.3. The molecule has 0 saturated heterocycles. The van der Waals surface area contributed by atoms with Gasteiger partial charge in [-0.05, 0) is 77.5 Å². The Balaban J connectivity index is 2.83. The molecule has 316 valence electrons. The number of unbranched alkanes of at least 4 members (excludes halogenated alkanes) is 12. The molecule has 1 aliphatic rings. The number of carbonyl (C=O) groups excluding carboxylic acids is 2. The Morgan fingerprint density at radius 2 is 1.05 bits per heavy atom. The molecule has 0 aromatic carbocycles. The van der Waals surface area contributed by atoms with E-state index in [1.54, 1.807) is 0 Å². The van der Waals surface area contributed by atoms with E-state index >= 15 is 0 Å². The quantitative estimate of drug-likeness (QED) is 0.0241. The van der Waals surface area contributed by atoms with E-state index in [9.17, 15) is 44.0 Å². The summed E-state index contributed by atoms with van der Waals surface area (Å²) in [6.07, 6.45) is 3.80. The SMILES string of the molecule is C#CC#CC#CC#CC#CC#CC#CC(=O)OC[C@@H](COP(=O)(O)OC1C(O)[C@H](OP(=O)(O)O)[C@@H](O)C(O)[C@@H]1O)OC(=O)CCCCCCCCCCCCCCC. The van der Waals surface area contributed by atoms with Gasteiger partial charge in [0.2, 0.25) is 0 Å². The zero-order valence-corrected chi connectivity index (χ0v) is 33.9. The van der Waals surface area contributed by atoms with Crippen molar-refractivity contribution in [3.8, 4) is 83.4 Å². The van der Waals surface area contributed by atoms with Gasteiger partial charge in [0, 0.05) is 12.3 Å². The average molecular weight is 849 g/mol. The van der Waals surface area contributed by atoms with Crippen LogP contribution in [0, 0.1) is 83.4 Å². The van der Waals surface area contributed by atoms with E-state index in [1.807, 2.05) is 5.92 Å². The van der Waals surface area contributed by atoms with E-state index < -0.39 is 83.5 Å². The van der Waals surface area contributed by atoms with Crippen LogP contribution in [0.3, 0.4) is 0 Å². The molecule has 0 amide bonds. The normalized spacial score (nSPS) is 20.9. The fourth-order valence-electron chi connectivity index (χ4n) is 5.20. The number of rotatable bonds is 24. The van der Waals surface area contributed by atoms with Crippen molar-refractivity contribution in [2.45, 2.75) is 140 Å². The first-order chi connectivity index (χ1) is 27.6. The van der Waals surface area contributed by atoms with Crippen LogP contribution in [0.2, 0.25) is 0 Å². The van der Waals surface area contributed by atoms with Crippen LogP contribution in [-0.2, 0) is 41.8 Å². The first kappa shape index (κ1) is 51.9. The molecule has 0 radical (unpaired) electrons. The summed E-state index contributed by atoms with van der Waals surface area (Å²) in [5.74, 6) is 27.9. The van der Waals surface area contributed by atoms with Crippen LogP contribution in [0.25, 0.3) is 0 Å². The Bertz CT molecular complexity index is 1830. The molecular formula is C40H50O16P2. The van der Waals surface area contributed by atoms with Gasteiger partial charge in [-0.3, -0.25) is 18.4 Å². The second-order valence-electron chi connectivity index (χ2n) is 12.7. The molecule has 0 aliphatic heterocycles. The molecule has 0 aromatic rings. The number of aliphatic hydroxyl groups excluding tert-OH is 4. The highest BCUT2D eigenvalue weighted by Gasteiger charge is 2.54. The highest BCUT2D eigenvalue weighted by Crippen LogP contribution is 2.49. The second kappa shape index (κ2) is 30.0. The van der Waals surface area contributed by atoms with Gasteiger partial charge in [-0.1, -0.05) is 84.0 Å². The summed E-state index contributed by atoms with van der Waals surface area (Å²) in [6, 6.07) is 0. The minimum absolute atomic E-state index is 0.0373. The maximum atomic E-state index is 12.9. The van der Waals surface area contributed by atoms with Crippen molar-refractivity contribution >= 4 is 27.6 Å². The van der Waals surface area contributed by atoms with Gasteiger partial charge in [0.25, 0.3) is 0 Å². The summed E-state index contributed by atoms with van der Waals surface area (Å²) >= 11 is 0. The van der Waals surface area contributed by atoms with Gasteiger partial charge in [0.1, 0.15) is 43.2 Å². The zero-order chi connectivity index (χ0) is 43.2. The Morgan fingerprint density at radius 3 is 1.53 bits per heavy atom. The molecule has 4 unspecified atom stereocenters. The molecule has 0 aromatic heterocycles. The number of aliphatic hydroxyl groups is 4. The van der Waals surface area contributed by atoms with Gasteiger partial charge in [-0.25, -0.2) is 13.9 Å². The molecule has 1 rings (SSSR count). The van der Waals surface area contributed by atoms with Crippen LogP contribution in [-0.4, -0.2) is 103 Å². The fraction of sp³-hybridized carbons (Fsp3) is 0.600. The summed E-state index contributed by atoms with van der Waals surface area (Å²) in [5, 5.41) is 40.9. The predicted octanol–water partition coefficient (Wildman–Crippen LogP) is 2.01.